The third kappa shape index (κ3) is 2.17. The molecule has 1 aromatic carbocycles. The van der Waals surface area contributed by atoms with Gasteiger partial charge in [-0.3, -0.25) is 0 Å². The predicted molar refractivity (Wildman–Crippen MR) is 77.3 cm³/mol. The average Bonchev–Trinajstić information content (AvgIpc) is 2.93. The summed E-state index contributed by atoms with van der Waals surface area (Å²) in [5.74, 6) is 1.44. The van der Waals surface area contributed by atoms with Crippen LogP contribution in [0, 0.1) is 0 Å². The van der Waals surface area contributed by atoms with Crippen LogP contribution in [-0.2, 0) is 5.60 Å². The van der Waals surface area contributed by atoms with Crippen molar-refractivity contribution in [3.8, 4) is 11.5 Å². The van der Waals surface area contributed by atoms with E-state index in [9.17, 15) is 5.11 Å². The zero-order valence-electron chi connectivity index (χ0n) is 12.3. The Kier molecular flexibility index (Phi) is 3.61. The van der Waals surface area contributed by atoms with Crippen molar-refractivity contribution in [2.75, 3.05) is 27.3 Å². The van der Waals surface area contributed by atoms with Gasteiger partial charge in [0.2, 0.25) is 0 Å². The molecule has 3 rings (SSSR count). The number of piperidine rings is 1. The summed E-state index contributed by atoms with van der Waals surface area (Å²) in [7, 11) is 3.29. The molecule has 2 aliphatic heterocycles. The highest BCUT2D eigenvalue weighted by Crippen LogP contribution is 2.46. The Labute approximate surface area is 120 Å². The van der Waals surface area contributed by atoms with Gasteiger partial charge >= 0.3 is 0 Å². The lowest BCUT2D eigenvalue weighted by atomic mass is 9.80. The fraction of sp³-hybridized carbons (Fsp3) is 0.625. The fourth-order valence-electron chi connectivity index (χ4n) is 3.78. The van der Waals surface area contributed by atoms with Crippen LogP contribution < -0.4 is 9.47 Å². The van der Waals surface area contributed by atoms with Crippen LogP contribution in [0.15, 0.2) is 18.2 Å². The molecule has 0 bridgehead atoms. The molecule has 4 heteroatoms. The first-order valence-electron chi connectivity index (χ1n) is 7.36. The number of fused-ring (bicyclic) bond motifs is 1. The van der Waals surface area contributed by atoms with Gasteiger partial charge in [0.25, 0.3) is 0 Å². The minimum absolute atomic E-state index is 0.489. The summed E-state index contributed by atoms with van der Waals surface area (Å²) in [6, 6.07) is 6.19. The molecule has 2 atom stereocenters. The second-order valence-corrected chi connectivity index (χ2v) is 5.86. The molecule has 0 radical (unpaired) electrons. The zero-order chi connectivity index (χ0) is 14.2. The van der Waals surface area contributed by atoms with Crippen molar-refractivity contribution in [2.45, 2.75) is 37.3 Å². The third-order valence-corrected chi connectivity index (χ3v) is 4.78. The first-order chi connectivity index (χ1) is 9.68. The SMILES string of the molecule is COc1cccc(OC)c1C1(O)CCN2CCCC2C1. The molecular weight excluding hydrogens is 254 g/mol. The molecular formula is C16H23NO3. The van der Waals surface area contributed by atoms with E-state index in [0.717, 1.165) is 36.4 Å². The van der Waals surface area contributed by atoms with Gasteiger partial charge in [0, 0.05) is 12.6 Å². The molecule has 0 aromatic heterocycles. The van der Waals surface area contributed by atoms with Crippen LogP contribution in [0.25, 0.3) is 0 Å². The molecule has 2 saturated heterocycles. The fourth-order valence-corrected chi connectivity index (χ4v) is 3.78. The quantitative estimate of drug-likeness (QED) is 0.919. The zero-order valence-corrected chi connectivity index (χ0v) is 12.3. The van der Waals surface area contributed by atoms with Crippen LogP contribution in [0.4, 0.5) is 0 Å². The average molecular weight is 277 g/mol. The molecule has 0 aliphatic carbocycles. The van der Waals surface area contributed by atoms with Crippen LogP contribution in [0.3, 0.4) is 0 Å². The summed E-state index contributed by atoms with van der Waals surface area (Å²) < 4.78 is 10.9. The number of methoxy groups -OCH3 is 2. The Morgan fingerprint density at radius 1 is 1.20 bits per heavy atom. The Hall–Kier alpha value is -1.26. The van der Waals surface area contributed by atoms with Crippen LogP contribution in [0.5, 0.6) is 11.5 Å². The number of ether oxygens (including phenoxy) is 2. The van der Waals surface area contributed by atoms with E-state index in [4.69, 9.17) is 9.47 Å². The van der Waals surface area contributed by atoms with Gasteiger partial charge in [-0.05, 0) is 44.4 Å². The van der Waals surface area contributed by atoms with Gasteiger partial charge in [-0.2, -0.15) is 0 Å². The predicted octanol–water partition coefficient (Wildman–Crippen LogP) is 2.15. The summed E-state index contributed by atoms with van der Waals surface area (Å²) in [5.41, 5.74) is -0.0275. The second-order valence-electron chi connectivity index (χ2n) is 5.86. The van der Waals surface area contributed by atoms with Crippen molar-refractivity contribution < 1.29 is 14.6 Å². The van der Waals surface area contributed by atoms with Gasteiger partial charge in [-0.15, -0.1) is 0 Å². The summed E-state index contributed by atoms with van der Waals surface area (Å²) in [4.78, 5) is 2.50. The van der Waals surface area contributed by atoms with E-state index in [2.05, 4.69) is 4.90 Å². The number of hydrogen-bond acceptors (Lipinski definition) is 4. The van der Waals surface area contributed by atoms with Gasteiger partial charge in [-0.1, -0.05) is 6.07 Å². The molecule has 0 spiro atoms. The van der Waals surface area contributed by atoms with Crippen LogP contribution in [0.2, 0.25) is 0 Å². The Bertz CT molecular complexity index is 468. The number of aliphatic hydroxyl groups is 1. The Morgan fingerprint density at radius 2 is 1.90 bits per heavy atom. The lowest BCUT2D eigenvalue weighted by molar-refractivity contribution is -0.0436. The van der Waals surface area contributed by atoms with Crippen molar-refractivity contribution in [3.05, 3.63) is 23.8 Å². The minimum Gasteiger partial charge on any atom is -0.496 e. The lowest BCUT2D eigenvalue weighted by Crippen LogP contribution is -2.46. The number of rotatable bonds is 3. The second kappa shape index (κ2) is 5.26. The molecule has 2 unspecified atom stereocenters. The van der Waals surface area contributed by atoms with E-state index in [-0.39, 0.29) is 0 Å². The highest BCUT2D eigenvalue weighted by Gasteiger charge is 2.44. The standard InChI is InChI=1S/C16H23NO3/c1-19-13-6-3-7-14(20-2)15(13)16(18)8-10-17-9-4-5-12(17)11-16/h3,6-7,12,18H,4-5,8-11H2,1-2H3. The monoisotopic (exact) mass is 277 g/mol. The summed E-state index contributed by atoms with van der Waals surface area (Å²) >= 11 is 0. The topological polar surface area (TPSA) is 41.9 Å². The van der Waals surface area contributed by atoms with Gasteiger partial charge < -0.3 is 19.5 Å². The van der Waals surface area contributed by atoms with E-state index in [1.807, 2.05) is 18.2 Å². The number of benzene rings is 1. The highest BCUT2D eigenvalue weighted by molar-refractivity contribution is 5.49. The molecule has 0 amide bonds. The van der Waals surface area contributed by atoms with Crippen LogP contribution >= 0.6 is 0 Å². The maximum absolute atomic E-state index is 11.2. The minimum atomic E-state index is -0.844. The first-order valence-corrected chi connectivity index (χ1v) is 7.36. The maximum atomic E-state index is 11.2. The lowest BCUT2D eigenvalue weighted by Gasteiger charge is -2.41. The van der Waals surface area contributed by atoms with Crippen molar-refractivity contribution in [3.63, 3.8) is 0 Å². The summed E-state index contributed by atoms with van der Waals surface area (Å²) in [6.45, 7) is 2.12. The van der Waals surface area contributed by atoms with E-state index >= 15 is 0 Å². The van der Waals surface area contributed by atoms with Crippen molar-refractivity contribution in [1.82, 2.24) is 4.90 Å². The van der Waals surface area contributed by atoms with E-state index in [0.29, 0.717) is 6.04 Å². The van der Waals surface area contributed by atoms with Crippen molar-refractivity contribution in [1.29, 1.82) is 0 Å². The van der Waals surface area contributed by atoms with E-state index in [1.54, 1.807) is 14.2 Å². The molecule has 2 heterocycles. The molecule has 4 nitrogen and oxygen atoms in total. The van der Waals surface area contributed by atoms with Gasteiger partial charge in [-0.25, -0.2) is 0 Å². The summed E-state index contributed by atoms with van der Waals surface area (Å²) in [6.07, 6.45) is 3.92. The van der Waals surface area contributed by atoms with Crippen molar-refractivity contribution in [2.24, 2.45) is 0 Å². The molecule has 2 fully saturated rings. The van der Waals surface area contributed by atoms with Gasteiger partial charge in [0.15, 0.2) is 0 Å². The Balaban J connectivity index is 1.98. The van der Waals surface area contributed by atoms with Gasteiger partial charge in [0.1, 0.15) is 11.5 Å². The van der Waals surface area contributed by atoms with Crippen LogP contribution in [-0.4, -0.2) is 43.4 Å². The van der Waals surface area contributed by atoms with Gasteiger partial charge in [0.05, 0.1) is 25.4 Å². The van der Waals surface area contributed by atoms with E-state index < -0.39 is 5.60 Å². The molecule has 1 N–H and O–H groups in total. The normalized spacial score (nSPS) is 30.1. The smallest absolute Gasteiger partial charge is 0.128 e. The largest absolute Gasteiger partial charge is 0.496 e. The maximum Gasteiger partial charge on any atom is 0.128 e. The first kappa shape index (κ1) is 13.7. The molecule has 2 aliphatic rings. The Morgan fingerprint density at radius 3 is 2.55 bits per heavy atom. The number of nitrogens with zero attached hydrogens (tertiary/aromatic N) is 1. The highest BCUT2D eigenvalue weighted by atomic mass is 16.5. The van der Waals surface area contributed by atoms with E-state index in [1.165, 1.54) is 19.4 Å². The van der Waals surface area contributed by atoms with Crippen LogP contribution in [0.1, 0.15) is 31.2 Å². The van der Waals surface area contributed by atoms with Crippen molar-refractivity contribution >= 4 is 0 Å². The molecule has 0 saturated carbocycles. The summed E-state index contributed by atoms with van der Waals surface area (Å²) in [5, 5.41) is 11.2. The molecule has 110 valence electrons. The molecule has 20 heavy (non-hydrogen) atoms. The molecule has 1 aromatic rings. The third-order valence-electron chi connectivity index (χ3n) is 4.78. The number of hydrogen-bond donors (Lipinski definition) is 1.